The number of benzene rings is 1. The number of aromatic nitrogens is 1. The van der Waals surface area contributed by atoms with Gasteiger partial charge in [-0.1, -0.05) is 0 Å². The van der Waals surface area contributed by atoms with E-state index in [-0.39, 0.29) is 5.75 Å². The van der Waals surface area contributed by atoms with E-state index in [4.69, 9.17) is 10.00 Å². The van der Waals surface area contributed by atoms with Crippen molar-refractivity contribution in [1.29, 1.82) is 5.26 Å². The highest BCUT2D eigenvalue weighted by molar-refractivity contribution is 5.60. The Kier molecular flexibility index (Phi) is 3.39. The molecular weight excluding hydrogens is 233 g/mol. The van der Waals surface area contributed by atoms with Gasteiger partial charge in [-0.05, 0) is 24.3 Å². The second-order valence-corrected chi connectivity index (χ2v) is 3.52. The second-order valence-electron chi connectivity index (χ2n) is 3.52. The minimum atomic E-state index is -0.416. The molecule has 1 aromatic carbocycles. The molecule has 0 bridgehead atoms. The van der Waals surface area contributed by atoms with Crippen molar-refractivity contribution in [3.8, 4) is 11.8 Å². The number of nitrogens with zero attached hydrogens (tertiary/aromatic N) is 2. The predicted molar refractivity (Wildman–Crippen MR) is 65.2 cm³/mol. The predicted octanol–water partition coefficient (Wildman–Crippen LogP) is 2.84. The van der Waals surface area contributed by atoms with Crippen LogP contribution in [0.15, 0.2) is 36.5 Å². The summed E-state index contributed by atoms with van der Waals surface area (Å²) in [7, 11) is 1.41. The molecule has 0 saturated carbocycles. The van der Waals surface area contributed by atoms with Gasteiger partial charge < -0.3 is 10.1 Å². The van der Waals surface area contributed by atoms with Crippen molar-refractivity contribution >= 4 is 11.4 Å². The third kappa shape index (κ3) is 2.55. The lowest BCUT2D eigenvalue weighted by Gasteiger charge is -2.08. The van der Waals surface area contributed by atoms with Crippen LogP contribution >= 0.6 is 0 Å². The molecule has 1 heterocycles. The summed E-state index contributed by atoms with van der Waals surface area (Å²) in [6, 6.07) is 9.72. The number of ether oxygens (including phenoxy) is 1. The minimum absolute atomic E-state index is 0.168. The lowest BCUT2D eigenvalue weighted by atomic mass is 10.2. The van der Waals surface area contributed by atoms with E-state index in [1.54, 1.807) is 24.3 Å². The first-order chi connectivity index (χ1) is 8.72. The van der Waals surface area contributed by atoms with Gasteiger partial charge in [-0.25, -0.2) is 9.37 Å². The molecule has 0 saturated heterocycles. The minimum Gasteiger partial charge on any atom is -0.494 e. The summed E-state index contributed by atoms with van der Waals surface area (Å²) in [6.45, 7) is 0. The van der Waals surface area contributed by atoms with E-state index in [0.29, 0.717) is 17.1 Å². The van der Waals surface area contributed by atoms with Gasteiger partial charge in [-0.15, -0.1) is 0 Å². The van der Waals surface area contributed by atoms with Crippen LogP contribution in [-0.4, -0.2) is 12.1 Å². The lowest BCUT2D eigenvalue weighted by molar-refractivity contribution is 0.387. The molecule has 5 heteroatoms. The van der Waals surface area contributed by atoms with E-state index in [2.05, 4.69) is 10.3 Å². The van der Waals surface area contributed by atoms with E-state index >= 15 is 0 Å². The zero-order valence-electron chi connectivity index (χ0n) is 9.64. The summed E-state index contributed by atoms with van der Waals surface area (Å²) in [6.07, 6.45) is 1.54. The molecule has 0 spiro atoms. The Labute approximate surface area is 104 Å². The van der Waals surface area contributed by atoms with Crippen molar-refractivity contribution in [3.05, 3.63) is 48.0 Å². The number of rotatable bonds is 3. The van der Waals surface area contributed by atoms with Gasteiger partial charge in [0.05, 0.1) is 19.0 Å². The first kappa shape index (κ1) is 11.9. The van der Waals surface area contributed by atoms with E-state index in [0.717, 1.165) is 0 Å². The van der Waals surface area contributed by atoms with Crippen LogP contribution < -0.4 is 10.1 Å². The maximum Gasteiger partial charge on any atom is 0.165 e. The summed E-state index contributed by atoms with van der Waals surface area (Å²) in [4.78, 5) is 3.92. The van der Waals surface area contributed by atoms with Crippen LogP contribution in [0.3, 0.4) is 0 Å². The third-order valence-corrected chi connectivity index (χ3v) is 2.32. The van der Waals surface area contributed by atoms with Crippen molar-refractivity contribution in [1.82, 2.24) is 4.98 Å². The van der Waals surface area contributed by atoms with Crippen LogP contribution in [0.25, 0.3) is 0 Å². The highest BCUT2D eigenvalue weighted by atomic mass is 19.1. The number of hydrogen-bond acceptors (Lipinski definition) is 4. The molecule has 1 N–H and O–H groups in total. The van der Waals surface area contributed by atoms with Gasteiger partial charge >= 0.3 is 0 Å². The Morgan fingerprint density at radius 3 is 2.67 bits per heavy atom. The maximum absolute atomic E-state index is 13.2. The highest BCUT2D eigenvalue weighted by Crippen LogP contribution is 2.23. The lowest BCUT2D eigenvalue weighted by Crippen LogP contribution is -1.94. The van der Waals surface area contributed by atoms with Gasteiger partial charge in [-0.2, -0.15) is 5.26 Å². The van der Waals surface area contributed by atoms with Crippen LogP contribution in [0.2, 0.25) is 0 Å². The molecular formula is C13H10FN3O. The molecule has 2 aromatic rings. The fourth-order valence-corrected chi connectivity index (χ4v) is 1.44. The Morgan fingerprint density at radius 2 is 2.06 bits per heavy atom. The Bertz CT molecular complexity index is 590. The molecule has 1 aromatic heterocycles. The summed E-state index contributed by atoms with van der Waals surface area (Å²) >= 11 is 0. The number of anilines is 2. The Morgan fingerprint density at radius 1 is 1.28 bits per heavy atom. The largest absolute Gasteiger partial charge is 0.494 e. The topological polar surface area (TPSA) is 57.9 Å². The van der Waals surface area contributed by atoms with E-state index in [1.807, 2.05) is 6.07 Å². The first-order valence-electron chi connectivity index (χ1n) is 5.19. The van der Waals surface area contributed by atoms with E-state index in [1.165, 1.54) is 19.4 Å². The van der Waals surface area contributed by atoms with Gasteiger partial charge in [0.1, 0.15) is 11.8 Å². The molecule has 0 fully saturated rings. The third-order valence-electron chi connectivity index (χ3n) is 2.32. The van der Waals surface area contributed by atoms with Crippen molar-refractivity contribution in [3.63, 3.8) is 0 Å². The SMILES string of the molecule is COc1cc(Nc2ccc(C#N)nc2)ccc1F. The molecule has 2 rings (SSSR count). The fourth-order valence-electron chi connectivity index (χ4n) is 1.44. The molecule has 0 unspecified atom stereocenters. The average Bonchev–Trinajstić information content (AvgIpc) is 2.42. The second kappa shape index (κ2) is 5.15. The molecule has 0 aliphatic rings. The first-order valence-corrected chi connectivity index (χ1v) is 5.19. The van der Waals surface area contributed by atoms with Gasteiger partial charge in [0, 0.05) is 11.8 Å². The summed E-state index contributed by atoms with van der Waals surface area (Å²) in [5, 5.41) is 11.7. The van der Waals surface area contributed by atoms with Crippen LogP contribution in [0.5, 0.6) is 5.75 Å². The van der Waals surface area contributed by atoms with Crippen LogP contribution in [-0.2, 0) is 0 Å². The van der Waals surface area contributed by atoms with Crippen molar-refractivity contribution < 1.29 is 9.13 Å². The molecule has 0 radical (unpaired) electrons. The Balaban J connectivity index is 2.20. The number of pyridine rings is 1. The van der Waals surface area contributed by atoms with Gasteiger partial charge in [0.25, 0.3) is 0 Å². The standard InChI is InChI=1S/C13H10FN3O/c1-18-13-6-9(4-5-12(13)14)17-11-3-2-10(7-15)16-8-11/h2-6,8,17H,1H3. The zero-order chi connectivity index (χ0) is 13.0. The number of halogens is 1. The number of methoxy groups -OCH3 is 1. The monoisotopic (exact) mass is 243 g/mol. The van der Waals surface area contributed by atoms with Crippen LogP contribution in [0, 0.1) is 17.1 Å². The summed E-state index contributed by atoms with van der Waals surface area (Å²) in [5.74, 6) is -0.248. The quantitative estimate of drug-likeness (QED) is 0.900. The molecule has 90 valence electrons. The van der Waals surface area contributed by atoms with E-state index < -0.39 is 5.82 Å². The number of hydrogen-bond donors (Lipinski definition) is 1. The highest BCUT2D eigenvalue weighted by Gasteiger charge is 2.03. The van der Waals surface area contributed by atoms with E-state index in [9.17, 15) is 4.39 Å². The van der Waals surface area contributed by atoms with Crippen molar-refractivity contribution in [2.75, 3.05) is 12.4 Å². The van der Waals surface area contributed by atoms with Crippen LogP contribution in [0.1, 0.15) is 5.69 Å². The average molecular weight is 243 g/mol. The molecule has 18 heavy (non-hydrogen) atoms. The smallest absolute Gasteiger partial charge is 0.165 e. The molecule has 4 nitrogen and oxygen atoms in total. The molecule has 0 aliphatic heterocycles. The van der Waals surface area contributed by atoms with Crippen molar-refractivity contribution in [2.24, 2.45) is 0 Å². The number of nitriles is 1. The molecule has 0 aliphatic carbocycles. The summed E-state index contributed by atoms with van der Waals surface area (Å²) in [5.41, 5.74) is 1.74. The molecule has 0 atom stereocenters. The summed E-state index contributed by atoms with van der Waals surface area (Å²) < 4.78 is 18.1. The van der Waals surface area contributed by atoms with Gasteiger partial charge in [0.2, 0.25) is 0 Å². The maximum atomic E-state index is 13.2. The zero-order valence-corrected chi connectivity index (χ0v) is 9.64. The van der Waals surface area contributed by atoms with Gasteiger partial charge in [0.15, 0.2) is 11.6 Å². The van der Waals surface area contributed by atoms with Gasteiger partial charge in [-0.3, -0.25) is 0 Å². The molecule has 0 amide bonds. The fraction of sp³-hybridized carbons (Fsp3) is 0.0769. The van der Waals surface area contributed by atoms with Crippen LogP contribution in [0.4, 0.5) is 15.8 Å². The normalized spacial score (nSPS) is 9.61. The van der Waals surface area contributed by atoms with Crippen molar-refractivity contribution in [2.45, 2.75) is 0 Å². The number of nitrogens with one attached hydrogen (secondary N) is 1. The Hall–Kier alpha value is -2.61.